The van der Waals surface area contributed by atoms with Gasteiger partial charge in [-0.25, -0.2) is 23.1 Å². The van der Waals surface area contributed by atoms with E-state index in [2.05, 4.69) is 32.2 Å². The summed E-state index contributed by atoms with van der Waals surface area (Å²) in [5.74, 6) is -0.0673. The molecule has 1 aliphatic heterocycles. The molecule has 1 saturated heterocycles. The maximum absolute atomic E-state index is 12.8. The maximum atomic E-state index is 12.8. The zero-order chi connectivity index (χ0) is 29.0. The second-order valence-corrected chi connectivity index (χ2v) is 11.7. The van der Waals surface area contributed by atoms with Gasteiger partial charge in [-0.2, -0.15) is 0 Å². The van der Waals surface area contributed by atoms with E-state index in [9.17, 15) is 23.3 Å². The molecule has 0 unspecified atom stereocenters. The van der Waals surface area contributed by atoms with Crippen LogP contribution in [0.3, 0.4) is 0 Å². The quantitative estimate of drug-likeness (QED) is 0.209. The number of amides is 1. The van der Waals surface area contributed by atoms with Crippen molar-refractivity contribution in [2.45, 2.75) is 38.5 Å². The lowest BCUT2D eigenvalue weighted by Crippen LogP contribution is -2.35. The van der Waals surface area contributed by atoms with Gasteiger partial charge in [-0.1, -0.05) is 6.92 Å². The van der Waals surface area contributed by atoms with Gasteiger partial charge in [-0.3, -0.25) is 20.2 Å². The van der Waals surface area contributed by atoms with Crippen LogP contribution in [0.25, 0.3) is 0 Å². The van der Waals surface area contributed by atoms with E-state index in [4.69, 9.17) is 12.2 Å². The number of hydrogen-bond acceptors (Lipinski definition) is 9. The number of thiocarbonyl (C=S) groups is 1. The van der Waals surface area contributed by atoms with Gasteiger partial charge in [-0.15, -0.1) is 0 Å². The number of carbonyl (C=O) groups is 1. The largest absolute Gasteiger partial charge is 0.366 e. The fourth-order valence-corrected chi connectivity index (χ4v) is 5.49. The molecule has 0 bridgehead atoms. The Balaban J connectivity index is 1.39. The van der Waals surface area contributed by atoms with Crippen LogP contribution in [0.2, 0.25) is 0 Å². The summed E-state index contributed by atoms with van der Waals surface area (Å²) in [4.78, 5) is 34.2. The molecule has 3 aromatic rings. The fourth-order valence-electron chi connectivity index (χ4n) is 4.33. The number of carbonyl (C=O) groups excluding carboxylic acids is 1. The molecule has 14 heteroatoms. The smallest absolute Gasteiger partial charge is 0.293 e. The van der Waals surface area contributed by atoms with E-state index in [1.807, 2.05) is 4.90 Å². The van der Waals surface area contributed by atoms with Crippen molar-refractivity contribution in [3.63, 3.8) is 0 Å². The number of nitro groups is 1. The van der Waals surface area contributed by atoms with E-state index < -0.39 is 20.9 Å². The Morgan fingerprint density at radius 2 is 1.68 bits per heavy atom. The molecule has 0 aliphatic carbocycles. The molecule has 1 fully saturated rings. The van der Waals surface area contributed by atoms with Gasteiger partial charge in [0, 0.05) is 41.8 Å². The summed E-state index contributed by atoms with van der Waals surface area (Å²) in [6.45, 7) is 7.07. The first-order valence-corrected chi connectivity index (χ1v) is 14.4. The third kappa shape index (κ3) is 7.07. The van der Waals surface area contributed by atoms with Crippen molar-refractivity contribution in [1.82, 2.24) is 15.3 Å². The summed E-state index contributed by atoms with van der Waals surface area (Å²) < 4.78 is 27.8. The number of piperidine rings is 1. The van der Waals surface area contributed by atoms with Gasteiger partial charge in [0.15, 0.2) is 5.11 Å². The lowest BCUT2D eigenvalue weighted by atomic mass is 9.98. The third-order valence-corrected chi connectivity index (χ3v) is 7.96. The second-order valence-electron chi connectivity index (χ2n) is 9.64. The van der Waals surface area contributed by atoms with Crippen LogP contribution in [-0.4, -0.2) is 47.4 Å². The molecule has 0 radical (unpaired) electrons. The van der Waals surface area contributed by atoms with E-state index in [1.54, 1.807) is 26.0 Å². The molecule has 1 amide bonds. The van der Waals surface area contributed by atoms with Crippen LogP contribution in [0.15, 0.2) is 53.4 Å². The Kier molecular flexibility index (Phi) is 8.59. The van der Waals surface area contributed by atoms with Crippen molar-refractivity contribution in [2.24, 2.45) is 5.92 Å². The molecule has 0 spiro atoms. The number of aryl methyl sites for hydroxylation is 2. The lowest BCUT2D eigenvalue weighted by Gasteiger charge is -2.31. The minimum Gasteiger partial charge on any atom is -0.366 e. The minimum absolute atomic E-state index is 0.0219. The number of benzene rings is 2. The number of hydrogen-bond donors (Lipinski definition) is 3. The molecule has 1 aliphatic rings. The summed E-state index contributed by atoms with van der Waals surface area (Å²) in [5.41, 5.74) is 2.11. The number of anilines is 3. The monoisotopic (exact) mass is 583 g/mol. The van der Waals surface area contributed by atoms with Crippen LogP contribution in [0, 0.1) is 29.9 Å². The van der Waals surface area contributed by atoms with Gasteiger partial charge in [0.2, 0.25) is 5.95 Å². The summed E-state index contributed by atoms with van der Waals surface area (Å²) >= 11 is 5.22. The zero-order valence-electron chi connectivity index (χ0n) is 22.2. The van der Waals surface area contributed by atoms with Gasteiger partial charge < -0.3 is 10.2 Å². The first-order chi connectivity index (χ1) is 18.9. The fraction of sp³-hybridized carbons (Fsp3) is 0.308. The molecule has 4 rings (SSSR count). The van der Waals surface area contributed by atoms with Gasteiger partial charge >= 0.3 is 0 Å². The molecular formula is C26H29N7O5S2. The summed E-state index contributed by atoms with van der Waals surface area (Å²) in [5, 5.41) is 17.0. The third-order valence-electron chi connectivity index (χ3n) is 6.42. The van der Waals surface area contributed by atoms with E-state index in [0.717, 1.165) is 25.9 Å². The molecule has 12 nitrogen and oxygen atoms in total. The first kappa shape index (κ1) is 28.8. The highest BCUT2D eigenvalue weighted by atomic mass is 32.2. The topological polar surface area (TPSA) is 159 Å². The van der Waals surface area contributed by atoms with Crippen LogP contribution < -0.4 is 20.3 Å². The van der Waals surface area contributed by atoms with Crippen molar-refractivity contribution >= 4 is 56.3 Å². The number of aromatic nitrogens is 2. The van der Waals surface area contributed by atoms with Crippen LogP contribution in [-0.2, 0) is 10.0 Å². The average Bonchev–Trinajstić information content (AvgIpc) is 2.88. The Labute approximate surface area is 237 Å². The number of nitrogens with one attached hydrogen (secondary N) is 3. The minimum atomic E-state index is -3.94. The number of nitrogens with zero attached hydrogens (tertiary/aromatic N) is 4. The number of sulfonamides is 1. The summed E-state index contributed by atoms with van der Waals surface area (Å²) in [6.07, 6.45) is 1.90. The highest BCUT2D eigenvalue weighted by Crippen LogP contribution is 2.32. The van der Waals surface area contributed by atoms with Crippen LogP contribution in [0.5, 0.6) is 0 Å². The number of rotatable bonds is 7. The predicted octanol–water partition coefficient (Wildman–Crippen LogP) is 4.17. The Morgan fingerprint density at radius 3 is 2.27 bits per heavy atom. The van der Waals surface area contributed by atoms with E-state index in [-0.39, 0.29) is 27.2 Å². The molecule has 3 N–H and O–H groups in total. The summed E-state index contributed by atoms with van der Waals surface area (Å²) in [6, 6.07) is 11.8. The second kappa shape index (κ2) is 11.9. The van der Waals surface area contributed by atoms with E-state index in [1.165, 1.54) is 36.4 Å². The first-order valence-electron chi connectivity index (χ1n) is 12.5. The van der Waals surface area contributed by atoms with E-state index in [0.29, 0.717) is 28.7 Å². The van der Waals surface area contributed by atoms with Crippen molar-refractivity contribution in [2.75, 3.05) is 28.0 Å². The molecule has 0 saturated carbocycles. The Hall–Kier alpha value is -4.17. The van der Waals surface area contributed by atoms with Gasteiger partial charge in [0.05, 0.1) is 9.82 Å². The van der Waals surface area contributed by atoms with E-state index >= 15 is 0 Å². The van der Waals surface area contributed by atoms with Crippen molar-refractivity contribution in [1.29, 1.82) is 0 Å². The van der Waals surface area contributed by atoms with Crippen LogP contribution in [0.4, 0.5) is 23.0 Å². The molecule has 0 atom stereocenters. The van der Waals surface area contributed by atoms with Crippen molar-refractivity contribution in [3.05, 3.63) is 75.6 Å². The van der Waals surface area contributed by atoms with Gasteiger partial charge in [0.1, 0.15) is 5.69 Å². The number of nitro benzene ring substituents is 1. The average molecular weight is 584 g/mol. The Bertz CT molecular complexity index is 1530. The molecule has 1 aromatic heterocycles. The van der Waals surface area contributed by atoms with Crippen molar-refractivity contribution in [3.8, 4) is 0 Å². The molecule has 2 heterocycles. The molecule has 2 aromatic carbocycles. The molecular weight excluding hydrogens is 554 g/mol. The van der Waals surface area contributed by atoms with Crippen LogP contribution >= 0.6 is 12.2 Å². The summed E-state index contributed by atoms with van der Waals surface area (Å²) in [7, 11) is -3.94. The highest BCUT2D eigenvalue weighted by Gasteiger charge is 2.25. The Morgan fingerprint density at radius 1 is 1.05 bits per heavy atom. The molecule has 40 heavy (non-hydrogen) atoms. The van der Waals surface area contributed by atoms with Gasteiger partial charge in [0.25, 0.3) is 21.6 Å². The van der Waals surface area contributed by atoms with Crippen molar-refractivity contribution < 1.29 is 18.1 Å². The highest BCUT2D eigenvalue weighted by molar-refractivity contribution is 7.92. The van der Waals surface area contributed by atoms with Crippen LogP contribution in [0.1, 0.15) is 41.5 Å². The standard InChI is InChI=1S/C26H29N7O5S2/c1-16-10-12-32(13-11-16)22-9-4-19(15-23(22)33(35)36)24(34)30-26(39)29-20-5-7-21(8-6-20)40(37,38)31-25-27-17(2)14-18(3)28-25/h4-9,14-16H,10-13H2,1-3H3,(H,27,28,31)(H2,29,30,34,39). The predicted molar refractivity (Wildman–Crippen MR) is 156 cm³/mol. The normalized spacial score (nSPS) is 13.9. The van der Waals surface area contributed by atoms with Gasteiger partial charge in [-0.05, 0) is 87.3 Å². The lowest BCUT2D eigenvalue weighted by molar-refractivity contribution is -0.384. The zero-order valence-corrected chi connectivity index (χ0v) is 23.8. The SMILES string of the molecule is Cc1cc(C)nc(NS(=O)(=O)c2ccc(NC(=S)NC(=O)c3ccc(N4CCC(C)CC4)c([N+](=O)[O-])c3)cc2)n1. The maximum Gasteiger partial charge on any atom is 0.293 e. The molecule has 210 valence electrons.